The number of aryl methyl sites for hydroxylation is 2. The first kappa shape index (κ1) is 10.1. The average molecular weight is 186 g/mol. The fourth-order valence-electron chi connectivity index (χ4n) is 1.42. The highest BCUT2D eigenvalue weighted by molar-refractivity contribution is 5.35. The van der Waals surface area contributed by atoms with Gasteiger partial charge in [-0.1, -0.05) is 18.2 Å². The normalized spacial score (nSPS) is 13.4. The van der Waals surface area contributed by atoms with Gasteiger partial charge in [-0.25, -0.2) is 8.78 Å². The Labute approximate surface area is 76.0 Å². The third kappa shape index (κ3) is 2.04. The van der Waals surface area contributed by atoms with Gasteiger partial charge in [0.05, 0.1) is 0 Å². The van der Waals surface area contributed by atoms with Gasteiger partial charge in [-0.05, 0) is 30.5 Å². The molecule has 0 bridgehead atoms. The third-order valence-electron chi connectivity index (χ3n) is 2.08. The molecule has 1 aromatic rings. The van der Waals surface area contributed by atoms with Crippen LogP contribution in [0.1, 0.15) is 22.8 Å². The molecule has 0 aliphatic heterocycles. The number of halogens is 2. The summed E-state index contributed by atoms with van der Waals surface area (Å²) in [5.74, 6) is 0. The van der Waals surface area contributed by atoms with Crippen LogP contribution in [0.4, 0.5) is 8.78 Å². The first-order valence-electron chi connectivity index (χ1n) is 4.06. The zero-order valence-corrected chi connectivity index (χ0v) is 7.59. The van der Waals surface area contributed by atoms with E-state index in [2.05, 4.69) is 0 Å². The lowest BCUT2D eigenvalue weighted by Gasteiger charge is -2.15. The molecule has 1 aromatic carbocycles. The SMILES string of the molecule is Cc1cccc(C)c1C(O)C(F)F. The molecule has 1 atom stereocenters. The molecule has 72 valence electrons. The maximum Gasteiger partial charge on any atom is 0.268 e. The van der Waals surface area contributed by atoms with Crippen molar-refractivity contribution >= 4 is 0 Å². The Balaban J connectivity index is 3.12. The van der Waals surface area contributed by atoms with Crippen LogP contribution >= 0.6 is 0 Å². The molecule has 1 unspecified atom stereocenters. The molecular formula is C10H12F2O. The average Bonchev–Trinajstić information content (AvgIpc) is 2.03. The van der Waals surface area contributed by atoms with Gasteiger partial charge in [0.1, 0.15) is 6.10 Å². The predicted molar refractivity (Wildman–Crippen MR) is 46.9 cm³/mol. The summed E-state index contributed by atoms with van der Waals surface area (Å²) in [4.78, 5) is 0. The van der Waals surface area contributed by atoms with E-state index in [4.69, 9.17) is 0 Å². The number of hydrogen-bond acceptors (Lipinski definition) is 1. The van der Waals surface area contributed by atoms with E-state index < -0.39 is 12.5 Å². The Bertz CT molecular complexity index is 277. The maximum atomic E-state index is 12.2. The summed E-state index contributed by atoms with van der Waals surface area (Å²) in [5.41, 5.74) is 1.75. The standard InChI is InChI=1S/C10H12F2O/c1-6-4-3-5-7(2)8(6)9(13)10(11)12/h3-5,9-10,13H,1-2H3. The van der Waals surface area contributed by atoms with Crippen LogP contribution in [0.25, 0.3) is 0 Å². The van der Waals surface area contributed by atoms with Crippen LogP contribution in [0, 0.1) is 13.8 Å². The molecule has 3 heteroatoms. The fraction of sp³-hybridized carbons (Fsp3) is 0.400. The maximum absolute atomic E-state index is 12.2. The van der Waals surface area contributed by atoms with Gasteiger partial charge in [0.15, 0.2) is 0 Å². The second-order valence-corrected chi connectivity index (χ2v) is 3.08. The summed E-state index contributed by atoms with van der Waals surface area (Å²) in [5, 5.41) is 9.21. The van der Waals surface area contributed by atoms with Crippen molar-refractivity contribution in [1.29, 1.82) is 0 Å². The van der Waals surface area contributed by atoms with E-state index in [9.17, 15) is 13.9 Å². The lowest BCUT2D eigenvalue weighted by molar-refractivity contribution is -0.00648. The minimum absolute atomic E-state index is 0.345. The van der Waals surface area contributed by atoms with Crippen molar-refractivity contribution < 1.29 is 13.9 Å². The van der Waals surface area contributed by atoms with Crippen molar-refractivity contribution in [2.24, 2.45) is 0 Å². The summed E-state index contributed by atoms with van der Waals surface area (Å²) in [6.07, 6.45) is -4.39. The van der Waals surface area contributed by atoms with Gasteiger partial charge < -0.3 is 5.11 Å². The zero-order chi connectivity index (χ0) is 10.0. The van der Waals surface area contributed by atoms with Gasteiger partial charge in [-0.2, -0.15) is 0 Å². The summed E-state index contributed by atoms with van der Waals surface area (Å²) in [7, 11) is 0. The zero-order valence-electron chi connectivity index (χ0n) is 7.59. The summed E-state index contributed by atoms with van der Waals surface area (Å²) >= 11 is 0. The van der Waals surface area contributed by atoms with Crippen LogP contribution in [0.15, 0.2) is 18.2 Å². The molecule has 0 saturated carbocycles. The van der Waals surface area contributed by atoms with Crippen molar-refractivity contribution in [3.8, 4) is 0 Å². The topological polar surface area (TPSA) is 20.2 Å². The Morgan fingerprint density at radius 2 is 1.62 bits per heavy atom. The molecule has 0 amide bonds. The second kappa shape index (κ2) is 3.83. The van der Waals surface area contributed by atoms with E-state index in [1.807, 2.05) is 0 Å². The van der Waals surface area contributed by atoms with Crippen LogP contribution < -0.4 is 0 Å². The van der Waals surface area contributed by atoms with Crippen LogP contribution in [0.3, 0.4) is 0 Å². The molecule has 0 aliphatic carbocycles. The minimum atomic E-state index is -2.72. The molecule has 1 N–H and O–H groups in total. The molecule has 13 heavy (non-hydrogen) atoms. The van der Waals surface area contributed by atoms with Gasteiger partial charge in [0.25, 0.3) is 6.43 Å². The Hall–Kier alpha value is -0.960. The quantitative estimate of drug-likeness (QED) is 0.752. The number of aliphatic hydroxyl groups is 1. The molecule has 0 heterocycles. The van der Waals surface area contributed by atoms with Gasteiger partial charge in [0, 0.05) is 0 Å². The van der Waals surface area contributed by atoms with E-state index >= 15 is 0 Å². The van der Waals surface area contributed by atoms with Crippen LogP contribution in [-0.4, -0.2) is 11.5 Å². The van der Waals surface area contributed by atoms with E-state index in [-0.39, 0.29) is 0 Å². The van der Waals surface area contributed by atoms with E-state index in [1.54, 1.807) is 32.0 Å². The van der Waals surface area contributed by atoms with Gasteiger partial charge >= 0.3 is 0 Å². The van der Waals surface area contributed by atoms with Crippen molar-refractivity contribution in [2.45, 2.75) is 26.4 Å². The highest BCUT2D eigenvalue weighted by atomic mass is 19.3. The fourth-order valence-corrected chi connectivity index (χ4v) is 1.42. The lowest BCUT2D eigenvalue weighted by atomic mass is 9.98. The van der Waals surface area contributed by atoms with Crippen molar-refractivity contribution in [2.75, 3.05) is 0 Å². The monoisotopic (exact) mass is 186 g/mol. The number of hydrogen-bond donors (Lipinski definition) is 1. The number of benzene rings is 1. The highest BCUT2D eigenvalue weighted by Crippen LogP contribution is 2.26. The molecule has 0 spiro atoms. The smallest absolute Gasteiger partial charge is 0.268 e. The summed E-state index contributed by atoms with van der Waals surface area (Å²) < 4.78 is 24.4. The molecule has 0 fully saturated rings. The van der Waals surface area contributed by atoms with Crippen LogP contribution in [-0.2, 0) is 0 Å². The Morgan fingerprint density at radius 3 is 2.00 bits per heavy atom. The summed E-state index contributed by atoms with van der Waals surface area (Å²) in [6.45, 7) is 3.43. The number of rotatable bonds is 2. The van der Waals surface area contributed by atoms with Crippen molar-refractivity contribution in [3.05, 3.63) is 34.9 Å². The molecule has 0 aliphatic rings. The van der Waals surface area contributed by atoms with Gasteiger partial charge in [-0.3, -0.25) is 0 Å². The van der Waals surface area contributed by atoms with Crippen molar-refractivity contribution in [1.82, 2.24) is 0 Å². The van der Waals surface area contributed by atoms with E-state index in [1.165, 1.54) is 0 Å². The predicted octanol–water partition coefficient (Wildman–Crippen LogP) is 2.60. The molecule has 1 rings (SSSR count). The molecule has 0 aromatic heterocycles. The van der Waals surface area contributed by atoms with Gasteiger partial charge in [-0.15, -0.1) is 0 Å². The number of aliphatic hydroxyl groups excluding tert-OH is 1. The molecule has 0 saturated heterocycles. The van der Waals surface area contributed by atoms with Gasteiger partial charge in [0.2, 0.25) is 0 Å². The first-order chi connectivity index (χ1) is 6.04. The summed E-state index contributed by atoms with van der Waals surface area (Å²) in [6, 6.07) is 5.22. The molecular weight excluding hydrogens is 174 g/mol. The molecule has 1 nitrogen and oxygen atoms in total. The van der Waals surface area contributed by atoms with E-state index in [0.717, 1.165) is 0 Å². The Morgan fingerprint density at radius 1 is 1.15 bits per heavy atom. The van der Waals surface area contributed by atoms with E-state index in [0.29, 0.717) is 16.7 Å². The highest BCUT2D eigenvalue weighted by Gasteiger charge is 2.22. The first-order valence-corrected chi connectivity index (χ1v) is 4.06. The second-order valence-electron chi connectivity index (χ2n) is 3.08. The van der Waals surface area contributed by atoms with Crippen molar-refractivity contribution in [3.63, 3.8) is 0 Å². The minimum Gasteiger partial charge on any atom is -0.382 e. The third-order valence-corrected chi connectivity index (χ3v) is 2.08. The largest absolute Gasteiger partial charge is 0.382 e. The Kier molecular flexibility index (Phi) is 2.98. The van der Waals surface area contributed by atoms with Crippen LogP contribution in [0.2, 0.25) is 0 Å². The molecule has 0 radical (unpaired) electrons. The lowest BCUT2D eigenvalue weighted by Crippen LogP contribution is -2.11. The van der Waals surface area contributed by atoms with Crippen LogP contribution in [0.5, 0.6) is 0 Å². The number of alkyl halides is 2.